The molecule has 0 aliphatic carbocycles. The number of esters is 1. The quantitative estimate of drug-likeness (QED) is 0.656. The van der Waals surface area contributed by atoms with Crippen LogP contribution in [0.5, 0.6) is 0 Å². The molecular formula is C11H19NO6. The number of carboxylic acid groups (broad SMARTS) is 1. The Morgan fingerprint density at radius 3 is 2.33 bits per heavy atom. The third-order valence-corrected chi connectivity index (χ3v) is 2.00. The van der Waals surface area contributed by atoms with Gasteiger partial charge < -0.3 is 19.9 Å². The molecule has 0 aromatic heterocycles. The second-order valence-electron chi connectivity index (χ2n) is 4.14. The number of methoxy groups -OCH3 is 1. The van der Waals surface area contributed by atoms with Crippen molar-refractivity contribution in [2.24, 2.45) is 5.92 Å². The number of nitrogens with one attached hydrogen (secondary N) is 1. The number of hydrogen-bond donors (Lipinski definition) is 2. The van der Waals surface area contributed by atoms with Crippen LogP contribution in [0.3, 0.4) is 0 Å². The Hall–Kier alpha value is -1.79. The third-order valence-electron chi connectivity index (χ3n) is 2.00. The maximum Gasteiger partial charge on any atom is 0.407 e. The molecule has 1 unspecified atom stereocenters. The van der Waals surface area contributed by atoms with E-state index in [1.165, 1.54) is 7.11 Å². The summed E-state index contributed by atoms with van der Waals surface area (Å²) in [6.45, 7) is 3.92. The van der Waals surface area contributed by atoms with Crippen molar-refractivity contribution in [2.75, 3.05) is 13.7 Å². The van der Waals surface area contributed by atoms with Crippen molar-refractivity contribution in [3.8, 4) is 0 Å². The number of carbonyl (C=O) groups is 3. The molecule has 1 atom stereocenters. The lowest BCUT2D eigenvalue weighted by atomic mass is 10.1. The molecule has 0 aliphatic heterocycles. The summed E-state index contributed by atoms with van der Waals surface area (Å²) in [6.07, 6.45) is -0.933. The molecule has 0 aromatic rings. The van der Waals surface area contributed by atoms with Crippen LogP contribution >= 0.6 is 0 Å². The topological polar surface area (TPSA) is 102 Å². The molecule has 0 saturated carbocycles. The van der Waals surface area contributed by atoms with E-state index in [2.05, 4.69) is 10.1 Å². The largest absolute Gasteiger partial charge is 0.480 e. The van der Waals surface area contributed by atoms with Gasteiger partial charge in [0.15, 0.2) is 0 Å². The fraction of sp³-hybridized carbons (Fsp3) is 0.727. The number of aliphatic carboxylic acids is 1. The van der Waals surface area contributed by atoms with Gasteiger partial charge in [-0.3, -0.25) is 4.79 Å². The Morgan fingerprint density at radius 1 is 1.28 bits per heavy atom. The fourth-order valence-electron chi connectivity index (χ4n) is 1.05. The van der Waals surface area contributed by atoms with Crippen LogP contribution in [0.15, 0.2) is 0 Å². The molecule has 18 heavy (non-hydrogen) atoms. The van der Waals surface area contributed by atoms with Gasteiger partial charge in [0.25, 0.3) is 0 Å². The number of alkyl carbamates (subject to hydrolysis) is 1. The van der Waals surface area contributed by atoms with Gasteiger partial charge in [-0.15, -0.1) is 0 Å². The predicted octanol–water partition coefficient (Wildman–Crippen LogP) is 0.775. The van der Waals surface area contributed by atoms with Gasteiger partial charge in [0.1, 0.15) is 6.04 Å². The zero-order valence-corrected chi connectivity index (χ0v) is 10.8. The molecule has 0 rings (SSSR count). The molecule has 0 fully saturated rings. The zero-order chi connectivity index (χ0) is 14.1. The van der Waals surface area contributed by atoms with E-state index in [1.54, 1.807) is 0 Å². The first-order chi connectivity index (χ1) is 8.36. The lowest BCUT2D eigenvalue weighted by Crippen LogP contribution is -2.41. The van der Waals surface area contributed by atoms with Crippen molar-refractivity contribution >= 4 is 18.0 Å². The van der Waals surface area contributed by atoms with E-state index < -0.39 is 24.1 Å². The van der Waals surface area contributed by atoms with Crippen LogP contribution < -0.4 is 5.32 Å². The van der Waals surface area contributed by atoms with Crippen LogP contribution in [0, 0.1) is 5.92 Å². The first-order valence-electron chi connectivity index (χ1n) is 5.59. The number of hydrogen-bond acceptors (Lipinski definition) is 5. The van der Waals surface area contributed by atoms with Gasteiger partial charge >= 0.3 is 18.0 Å². The fourth-order valence-corrected chi connectivity index (χ4v) is 1.05. The lowest BCUT2D eigenvalue weighted by Gasteiger charge is -2.14. The minimum atomic E-state index is -1.22. The van der Waals surface area contributed by atoms with Crippen molar-refractivity contribution in [3.63, 3.8) is 0 Å². The molecule has 1 amide bonds. The average Bonchev–Trinajstić information content (AvgIpc) is 2.30. The second kappa shape index (κ2) is 8.32. The van der Waals surface area contributed by atoms with Crippen LogP contribution in [0.2, 0.25) is 0 Å². The van der Waals surface area contributed by atoms with Crippen molar-refractivity contribution in [1.29, 1.82) is 0 Å². The number of amides is 1. The summed E-state index contributed by atoms with van der Waals surface area (Å²) in [5.41, 5.74) is 0. The minimum absolute atomic E-state index is 0.0429. The van der Waals surface area contributed by atoms with Crippen molar-refractivity contribution in [2.45, 2.75) is 32.7 Å². The zero-order valence-electron chi connectivity index (χ0n) is 10.8. The maximum absolute atomic E-state index is 11.3. The summed E-state index contributed by atoms with van der Waals surface area (Å²) in [5.74, 6) is -1.59. The average molecular weight is 261 g/mol. The SMILES string of the molecule is COC(=O)CCC(NC(=O)OCC(C)C)C(=O)O. The molecule has 0 heterocycles. The van der Waals surface area contributed by atoms with Gasteiger partial charge in [-0.05, 0) is 12.3 Å². The highest BCUT2D eigenvalue weighted by Crippen LogP contribution is 2.01. The van der Waals surface area contributed by atoms with Gasteiger partial charge in [-0.2, -0.15) is 0 Å². The minimum Gasteiger partial charge on any atom is -0.480 e. The van der Waals surface area contributed by atoms with Crippen LogP contribution in [0.4, 0.5) is 4.79 Å². The highest BCUT2D eigenvalue weighted by atomic mass is 16.5. The molecule has 0 bridgehead atoms. The van der Waals surface area contributed by atoms with Crippen molar-refractivity contribution in [1.82, 2.24) is 5.32 Å². The highest BCUT2D eigenvalue weighted by Gasteiger charge is 2.21. The summed E-state index contributed by atoms with van der Waals surface area (Å²) >= 11 is 0. The molecule has 7 nitrogen and oxygen atoms in total. The summed E-state index contributed by atoms with van der Waals surface area (Å²) in [5, 5.41) is 11.0. The van der Waals surface area contributed by atoms with E-state index in [0.29, 0.717) is 0 Å². The van der Waals surface area contributed by atoms with Crippen molar-refractivity contribution in [3.05, 3.63) is 0 Å². The van der Waals surface area contributed by atoms with E-state index in [-0.39, 0.29) is 25.4 Å². The first-order valence-corrected chi connectivity index (χ1v) is 5.59. The van der Waals surface area contributed by atoms with E-state index in [0.717, 1.165) is 0 Å². The Balaban J connectivity index is 4.15. The van der Waals surface area contributed by atoms with E-state index in [4.69, 9.17) is 9.84 Å². The molecule has 104 valence electrons. The standard InChI is InChI=1S/C11H19NO6/c1-7(2)6-18-11(16)12-8(10(14)15)4-5-9(13)17-3/h7-8H,4-6H2,1-3H3,(H,12,16)(H,14,15). The number of rotatable bonds is 7. The molecule has 7 heteroatoms. The summed E-state index contributed by atoms with van der Waals surface area (Å²) in [7, 11) is 1.21. The Kier molecular flexibility index (Phi) is 7.50. The van der Waals surface area contributed by atoms with Gasteiger partial charge in [0.05, 0.1) is 13.7 Å². The Morgan fingerprint density at radius 2 is 1.89 bits per heavy atom. The molecule has 0 aromatic carbocycles. The van der Waals surface area contributed by atoms with Crippen LogP contribution in [0.1, 0.15) is 26.7 Å². The number of ether oxygens (including phenoxy) is 2. The number of carbonyl (C=O) groups excluding carboxylic acids is 2. The van der Waals surface area contributed by atoms with Gasteiger partial charge in [0.2, 0.25) is 0 Å². The summed E-state index contributed by atoms with van der Waals surface area (Å²) in [6, 6.07) is -1.16. The van der Waals surface area contributed by atoms with Gasteiger partial charge in [-0.25, -0.2) is 9.59 Å². The number of carboxylic acids is 1. The molecular weight excluding hydrogens is 242 g/mol. The van der Waals surface area contributed by atoms with Gasteiger partial charge in [-0.1, -0.05) is 13.8 Å². The Labute approximate surface area is 105 Å². The van der Waals surface area contributed by atoms with Crippen LogP contribution in [-0.4, -0.2) is 42.9 Å². The monoisotopic (exact) mass is 261 g/mol. The highest BCUT2D eigenvalue weighted by molar-refractivity contribution is 5.80. The molecule has 0 radical (unpaired) electrons. The predicted molar refractivity (Wildman–Crippen MR) is 62.0 cm³/mol. The first kappa shape index (κ1) is 16.2. The smallest absolute Gasteiger partial charge is 0.407 e. The van der Waals surface area contributed by atoms with E-state index >= 15 is 0 Å². The van der Waals surface area contributed by atoms with Crippen molar-refractivity contribution < 1.29 is 29.0 Å². The van der Waals surface area contributed by atoms with E-state index in [9.17, 15) is 14.4 Å². The normalized spacial score (nSPS) is 11.8. The summed E-state index contributed by atoms with van der Waals surface area (Å²) < 4.78 is 9.18. The molecule has 0 saturated heterocycles. The lowest BCUT2D eigenvalue weighted by molar-refractivity contribution is -0.142. The van der Waals surface area contributed by atoms with Crippen LogP contribution in [-0.2, 0) is 19.1 Å². The second-order valence-corrected chi connectivity index (χ2v) is 4.14. The molecule has 0 spiro atoms. The molecule has 2 N–H and O–H groups in total. The summed E-state index contributed by atoms with van der Waals surface area (Å²) in [4.78, 5) is 33.0. The maximum atomic E-state index is 11.3. The van der Waals surface area contributed by atoms with Gasteiger partial charge in [0, 0.05) is 6.42 Å². The molecule has 0 aliphatic rings. The Bertz CT molecular complexity index is 302. The van der Waals surface area contributed by atoms with Crippen LogP contribution in [0.25, 0.3) is 0 Å². The van der Waals surface area contributed by atoms with E-state index in [1.807, 2.05) is 13.8 Å². The third kappa shape index (κ3) is 7.48.